The smallest absolute Gasteiger partial charge is 0.397 e. The lowest BCUT2D eigenvalue weighted by atomic mass is 10.1. The number of hydrogen-bond donors (Lipinski definition) is 2. The quantitative estimate of drug-likeness (QED) is 0.688. The van der Waals surface area contributed by atoms with Crippen molar-refractivity contribution in [1.29, 1.82) is 0 Å². The molecule has 130 valence electrons. The van der Waals surface area contributed by atoms with Crippen molar-refractivity contribution in [2.45, 2.75) is 20.0 Å². The molecule has 3 N–H and O–H groups in total. The van der Waals surface area contributed by atoms with E-state index in [2.05, 4.69) is 10.3 Å². The summed E-state index contributed by atoms with van der Waals surface area (Å²) < 4.78 is 39.9. The van der Waals surface area contributed by atoms with Crippen molar-refractivity contribution in [2.24, 2.45) is 0 Å². The molecular weight excluding hydrogens is 351 g/mol. The molecule has 2 heterocycles. The van der Waals surface area contributed by atoms with Gasteiger partial charge < -0.3 is 11.1 Å². The Kier molecular flexibility index (Phi) is 4.16. The number of nitrogen functional groups attached to an aromatic ring is 1. The number of pyridine rings is 1. The van der Waals surface area contributed by atoms with E-state index in [1.165, 1.54) is 6.92 Å². The van der Waals surface area contributed by atoms with Crippen LogP contribution in [-0.4, -0.2) is 10.9 Å². The summed E-state index contributed by atoms with van der Waals surface area (Å²) in [7, 11) is 0. The number of para-hydroxylation sites is 1. The van der Waals surface area contributed by atoms with Crippen LogP contribution in [0, 0.1) is 13.8 Å². The van der Waals surface area contributed by atoms with Gasteiger partial charge in [-0.05, 0) is 31.5 Å². The van der Waals surface area contributed by atoms with Crippen molar-refractivity contribution in [3.05, 3.63) is 52.0 Å². The Balaban J connectivity index is 2.10. The maximum atomic E-state index is 13.3. The lowest BCUT2D eigenvalue weighted by molar-refractivity contribution is -0.136. The molecule has 0 unspecified atom stereocenters. The fourth-order valence-corrected chi connectivity index (χ4v) is 3.59. The van der Waals surface area contributed by atoms with Crippen molar-refractivity contribution >= 4 is 38.8 Å². The summed E-state index contributed by atoms with van der Waals surface area (Å²) in [4.78, 5) is 16.7. The van der Waals surface area contributed by atoms with Crippen LogP contribution in [0.15, 0.2) is 30.3 Å². The molecule has 0 aliphatic carbocycles. The predicted octanol–water partition coefficient (Wildman–Crippen LogP) is 4.77. The molecule has 4 nitrogen and oxygen atoms in total. The Hall–Kier alpha value is -2.61. The van der Waals surface area contributed by atoms with Gasteiger partial charge in [0.2, 0.25) is 0 Å². The Labute approximate surface area is 145 Å². The minimum Gasteiger partial charge on any atom is -0.397 e. The number of carbonyl (C=O) groups is 1. The standard InChI is InChI=1S/C17H14F3N3OS/c1-8-5-3-4-6-11(8)23-15(24)14-13(21)12-10(17(18,19)20)7-9(2)22-16(12)25-14/h3-7H,21H2,1-2H3,(H,23,24). The molecule has 1 amide bonds. The number of aryl methyl sites for hydroxylation is 2. The topological polar surface area (TPSA) is 68.0 Å². The zero-order valence-electron chi connectivity index (χ0n) is 13.4. The third-order valence-corrected chi connectivity index (χ3v) is 4.83. The number of nitrogens with zero attached hydrogens (tertiary/aromatic N) is 1. The number of nitrogens with one attached hydrogen (secondary N) is 1. The monoisotopic (exact) mass is 365 g/mol. The van der Waals surface area contributed by atoms with Gasteiger partial charge in [-0.3, -0.25) is 4.79 Å². The first-order valence-electron chi connectivity index (χ1n) is 7.32. The van der Waals surface area contributed by atoms with Gasteiger partial charge >= 0.3 is 6.18 Å². The molecule has 0 radical (unpaired) electrons. The van der Waals surface area contributed by atoms with E-state index < -0.39 is 17.6 Å². The molecule has 0 fully saturated rings. The van der Waals surface area contributed by atoms with E-state index in [1.54, 1.807) is 12.1 Å². The van der Waals surface area contributed by atoms with Crippen LogP contribution in [0.3, 0.4) is 0 Å². The lowest BCUT2D eigenvalue weighted by Gasteiger charge is -2.10. The maximum absolute atomic E-state index is 13.3. The predicted molar refractivity (Wildman–Crippen MR) is 92.9 cm³/mol. The summed E-state index contributed by atoms with van der Waals surface area (Å²) in [5.74, 6) is -0.555. The Morgan fingerprint density at radius 2 is 1.92 bits per heavy atom. The van der Waals surface area contributed by atoms with E-state index in [1.807, 2.05) is 19.1 Å². The van der Waals surface area contributed by atoms with Gasteiger partial charge in [-0.15, -0.1) is 11.3 Å². The summed E-state index contributed by atoms with van der Waals surface area (Å²) >= 11 is 0.853. The van der Waals surface area contributed by atoms with E-state index in [0.717, 1.165) is 23.0 Å². The van der Waals surface area contributed by atoms with Crippen molar-refractivity contribution < 1.29 is 18.0 Å². The second kappa shape index (κ2) is 6.03. The van der Waals surface area contributed by atoms with E-state index >= 15 is 0 Å². The van der Waals surface area contributed by atoms with Crippen molar-refractivity contribution in [3.8, 4) is 0 Å². The van der Waals surface area contributed by atoms with Gasteiger partial charge in [0.1, 0.15) is 9.71 Å². The van der Waals surface area contributed by atoms with Crippen molar-refractivity contribution in [1.82, 2.24) is 4.98 Å². The molecule has 0 saturated carbocycles. The molecule has 1 aromatic carbocycles. The normalized spacial score (nSPS) is 11.7. The number of nitrogens with two attached hydrogens (primary N) is 1. The minimum absolute atomic E-state index is 0.0156. The molecule has 0 spiro atoms. The molecule has 2 aromatic heterocycles. The summed E-state index contributed by atoms with van der Waals surface area (Å²) in [6.45, 7) is 3.29. The van der Waals surface area contributed by atoms with Crippen LogP contribution >= 0.6 is 11.3 Å². The maximum Gasteiger partial charge on any atom is 0.417 e. The number of aromatic nitrogens is 1. The number of benzene rings is 1. The highest BCUT2D eigenvalue weighted by Gasteiger charge is 2.35. The highest BCUT2D eigenvalue weighted by molar-refractivity contribution is 7.21. The minimum atomic E-state index is -4.58. The van der Waals surface area contributed by atoms with E-state index in [-0.39, 0.29) is 26.5 Å². The highest BCUT2D eigenvalue weighted by Crippen LogP contribution is 2.42. The second-order valence-electron chi connectivity index (χ2n) is 5.60. The summed E-state index contributed by atoms with van der Waals surface area (Å²) in [6.07, 6.45) is -4.58. The van der Waals surface area contributed by atoms with Crippen LogP contribution in [0.2, 0.25) is 0 Å². The van der Waals surface area contributed by atoms with Gasteiger partial charge in [-0.2, -0.15) is 13.2 Å². The molecule has 3 rings (SSSR count). The molecule has 25 heavy (non-hydrogen) atoms. The summed E-state index contributed by atoms with van der Waals surface area (Å²) in [5, 5.41) is 2.46. The average Bonchev–Trinajstić information content (AvgIpc) is 2.84. The van der Waals surface area contributed by atoms with Crippen LogP contribution in [0.1, 0.15) is 26.5 Å². The molecule has 8 heteroatoms. The van der Waals surface area contributed by atoms with Crippen molar-refractivity contribution in [2.75, 3.05) is 11.1 Å². The number of rotatable bonds is 2. The van der Waals surface area contributed by atoms with Crippen LogP contribution in [0.4, 0.5) is 24.5 Å². The molecule has 3 aromatic rings. The number of hydrogen-bond acceptors (Lipinski definition) is 4. The van der Waals surface area contributed by atoms with Gasteiger partial charge in [0.05, 0.1) is 11.3 Å². The molecule has 0 aliphatic rings. The zero-order valence-corrected chi connectivity index (χ0v) is 14.2. The number of fused-ring (bicyclic) bond motifs is 1. The van der Waals surface area contributed by atoms with Crippen LogP contribution in [0.5, 0.6) is 0 Å². The molecule has 0 bridgehead atoms. The van der Waals surface area contributed by atoms with Crippen LogP contribution in [0.25, 0.3) is 10.2 Å². The fourth-order valence-electron chi connectivity index (χ4n) is 2.53. The van der Waals surface area contributed by atoms with Crippen LogP contribution in [-0.2, 0) is 6.18 Å². The number of anilines is 2. The second-order valence-corrected chi connectivity index (χ2v) is 6.60. The third kappa shape index (κ3) is 3.17. The summed E-state index contributed by atoms with van der Waals surface area (Å²) in [5.41, 5.74) is 6.43. The number of carbonyl (C=O) groups excluding carboxylic acids is 1. The van der Waals surface area contributed by atoms with Gasteiger partial charge in [0.25, 0.3) is 5.91 Å². The van der Waals surface area contributed by atoms with Gasteiger partial charge in [0, 0.05) is 16.8 Å². The Morgan fingerprint density at radius 1 is 1.24 bits per heavy atom. The van der Waals surface area contributed by atoms with Gasteiger partial charge in [0.15, 0.2) is 0 Å². The highest BCUT2D eigenvalue weighted by atomic mass is 32.1. The molecule has 0 aliphatic heterocycles. The largest absolute Gasteiger partial charge is 0.417 e. The number of thiophene rings is 1. The van der Waals surface area contributed by atoms with E-state index in [0.29, 0.717) is 5.69 Å². The number of halogens is 3. The third-order valence-electron chi connectivity index (χ3n) is 3.73. The van der Waals surface area contributed by atoms with Crippen LogP contribution < -0.4 is 11.1 Å². The molecular formula is C17H14F3N3OS. The Morgan fingerprint density at radius 3 is 2.56 bits per heavy atom. The van der Waals surface area contributed by atoms with Gasteiger partial charge in [-0.25, -0.2) is 4.98 Å². The average molecular weight is 365 g/mol. The van der Waals surface area contributed by atoms with Gasteiger partial charge in [-0.1, -0.05) is 18.2 Å². The number of amides is 1. The SMILES string of the molecule is Cc1cc(C(F)(F)F)c2c(N)c(C(=O)Nc3ccccc3C)sc2n1. The first kappa shape index (κ1) is 17.2. The Bertz CT molecular complexity index is 979. The summed E-state index contributed by atoms with van der Waals surface area (Å²) in [6, 6.07) is 8.04. The lowest BCUT2D eigenvalue weighted by Crippen LogP contribution is -2.13. The molecule has 0 atom stereocenters. The zero-order chi connectivity index (χ0) is 18.4. The van der Waals surface area contributed by atoms with E-state index in [4.69, 9.17) is 5.73 Å². The number of alkyl halides is 3. The fraction of sp³-hybridized carbons (Fsp3) is 0.176. The first-order valence-corrected chi connectivity index (χ1v) is 8.14. The van der Waals surface area contributed by atoms with Crippen molar-refractivity contribution in [3.63, 3.8) is 0 Å². The first-order chi connectivity index (χ1) is 11.7. The molecule has 0 saturated heterocycles. The van der Waals surface area contributed by atoms with E-state index in [9.17, 15) is 18.0 Å².